The van der Waals surface area contributed by atoms with Gasteiger partial charge in [0.25, 0.3) is 5.91 Å². The van der Waals surface area contributed by atoms with E-state index in [1.54, 1.807) is 17.2 Å². The lowest BCUT2D eigenvalue weighted by molar-refractivity contribution is -0.126. The van der Waals surface area contributed by atoms with Crippen molar-refractivity contribution in [1.29, 1.82) is 0 Å². The van der Waals surface area contributed by atoms with E-state index in [0.717, 1.165) is 16.8 Å². The molecule has 0 saturated carbocycles. The molecule has 0 spiro atoms. The number of carbonyl (C=O) groups excluding carboxylic acids is 2. The van der Waals surface area contributed by atoms with Crippen molar-refractivity contribution in [2.45, 2.75) is 32.5 Å². The molecule has 1 aliphatic rings. The molecule has 5 rings (SSSR count). The van der Waals surface area contributed by atoms with Gasteiger partial charge in [-0.15, -0.1) is 0 Å². The third-order valence-electron chi connectivity index (χ3n) is 6.21. The highest BCUT2D eigenvalue weighted by Crippen LogP contribution is 2.36. The second-order valence-electron chi connectivity index (χ2n) is 8.59. The Kier molecular flexibility index (Phi) is 5.13. The van der Waals surface area contributed by atoms with Crippen molar-refractivity contribution >= 4 is 17.5 Å². The highest BCUT2D eigenvalue weighted by Gasteiger charge is 2.48. The Bertz CT molecular complexity index is 1290. The number of benzene rings is 2. The van der Waals surface area contributed by atoms with Gasteiger partial charge in [-0.1, -0.05) is 48.0 Å². The summed E-state index contributed by atoms with van der Waals surface area (Å²) in [5.74, 6) is 0.218. The van der Waals surface area contributed by atoms with E-state index in [1.807, 2.05) is 91.2 Å². The third-order valence-corrected chi connectivity index (χ3v) is 6.21. The molecule has 6 nitrogen and oxygen atoms in total. The summed E-state index contributed by atoms with van der Waals surface area (Å²) in [7, 11) is 0. The van der Waals surface area contributed by atoms with Crippen LogP contribution in [0, 0.1) is 6.92 Å². The van der Waals surface area contributed by atoms with Crippen LogP contribution in [-0.4, -0.2) is 21.9 Å². The molecule has 0 aliphatic carbocycles. The molecule has 1 aliphatic heterocycles. The minimum absolute atomic E-state index is 0.218. The van der Waals surface area contributed by atoms with Crippen molar-refractivity contribution in [2.75, 3.05) is 4.90 Å². The Morgan fingerprint density at radius 3 is 2.39 bits per heavy atom. The standard InChI is InChI=1S/C27H25N3O3/c1-19-10-12-21(13-11-19)30-25(31)23-15-14-22(24-9-6-16-33-24)29(23)18-27(30,2)26(32)28-17-20-7-4-3-5-8-20/h3-16H,17-18H2,1-2H3,(H,28,32). The maximum absolute atomic E-state index is 13.8. The first-order chi connectivity index (χ1) is 16.0. The lowest BCUT2D eigenvalue weighted by Gasteiger charge is -2.44. The molecule has 4 aromatic rings. The Morgan fingerprint density at radius 2 is 1.70 bits per heavy atom. The van der Waals surface area contributed by atoms with E-state index >= 15 is 0 Å². The van der Waals surface area contributed by atoms with Gasteiger partial charge in [0.2, 0.25) is 5.91 Å². The third kappa shape index (κ3) is 3.63. The van der Waals surface area contributed by atoms with Crippen LogP contribution in [0.15, 0.2) is 89.5 Å². The number of anilines is 1. The maximum Gasteiger partial charge on any atom is 0.275 e. The van der Waals surface area contributed by atoms with Gasteiger partial charge in [-0.25, -0.2) is 0 Å². The van der Waals surface area contributed by atoms with Gasteiger partial charge in [-0.05, 0) is 55.8 Å². The van der Waals surface area contributed by atoms with Crippen LogP contribution in [0.2, 0.25) is 0 Å². The number of aromatic nitrogens is 1. The number of carbonyl (C=O) groups is 2. The van der Waals surface area contributed by atoms with Gasteiger partial charge >= 0.3 is 0 Å². The zero-order valence-corrected chi connectivity index (χ0v) is 18.6. The summed E-state index contributed by atoms with van der Waals surface area (Å²) in [6.07, 6.45) is 1.60. The van der Waals surface area contributed by atoms with E-state index in [4.69, 9.17) is 4.42 Å². The highest BCUT2D eigenvalue weighted by atomic mass is 16.3. The van der Waals surface area contributed by atoms with Crippen molar-refractivity contribution in [3.8, 4) is 11.5 Å². The molecule has 1 atom stereocenters. The molecule has 166 valence electrons. The van der Waals surface area contributed by atoms with Crippen LogP contribution in [-0.2, 0) is 17.9 Å². The summed E-state index contributed by atoms with van der Waals surface area (Å²) >= 11 is 0. The molecule has 0 saturated heterocycles. The van der Waals surface area contributed by atoms with Crippen LogP contribution >= 0.6 is 0 Å². The minimum atomic E-state index is -1.14. The van der Waals surface area contributed by atoms with E-state index in [2.05, 4.69) is 5.32 Å². The number of furan rings is 1. The number of rotatable bonds is 5. The summed E-state index contributed by atoms with van der Waals surface area (Å²) in [6.45, 7) is 4.49. The predicted molar refractivity (Wildman–Crippen MR) is 127 cm³/mol. The van der Waals surface area contributed by atoms with E-state index in [0.29, 0.717) is 30.2 Å². The van der Waals surface area contributed by atoms with Crippen LogP contribution in [0.3, 0.4) is 0 Å². The van der Waals surface area contributed by atoms with Gasteiger partial charge in [0.05, 0.1) is 18.5 Å². The summed E-state index contributed by atoms with van der Waals surface area (Å²) < 4.78 is 7.47. The quantitative estimate of drug-likeness (QED) is 0.486. The largest absolute Gasteiger partial charge is 0.463 e. The van der Waals surface area contributed by atoms with Gasteiger partial charge in [0, 0.05) is 12.2 Å². The average Bonchev–Trinajstić information content (AvgIpc) is 3.49. The molecule has 6 heteroatoms. The molecule has 0 bridgehead atoms. The summed E-state index contributed by atoms with van der Waals surface area (Å²) in [4.78, 5) is 29.1. The predicted octanol–water partition coefficient (Wildman–Crippen LogP) is 4.79. The normalized spacial score (nSPS) is 17.6. The van der Waals surface area contributed by atoms with Crippen LogP contribution in [0.1, 0.15) is 28.5 Å². The number of hydrogen-bond acceptors (Lipinski definition) is 3. The van der Waals surface area contributed by atoms with Gasteiger partial charge in [-0.2, -0.15) is 0 Å². The number of nitrogens with zero attached hydrogens (tertiary/aromatic N) is 2. The Labute approximate surface area is 192 Å². The second kappa shape index (κ2) is 8.13. The molecular formula is C27H25N3O3. The van der Waals surface area contributed by atoms with Crippen molar-refractivity contribution in [3.05, 3.63) is 102 Å². The van der Waals surface area contributed by atoms with Crippen molar-refractivity contribution in [3.63, 3.8) is 0 Å². The topological polar surface area (TPSA) is 67.5 Å². The van der Waals surface area contributed by atoms with Gasteiger partial charge in [0.15, 0.2) is 0 Å². The smallest absolute Gasteiger partial charge is 0.275 e. The molecular weight excluding hydrogens is 414 g/mol. The van der Waals surface area contributed by atoms with Crippen LogP contribution in [0.5, 0.6) is 0 Å². The fourth-order valence-electron chi connectivity index (χ4n) is 4.42. The molecule has 3 heterocycles. The summed E-state index contributed by atoms with van der Waals surface area (Å²) in [6, 6.07) is 24.8. The number of amides is 2. The molecule has 2 aromatic heterocycles. The van der Waals surface area contributed by atoms with Gasteiger partial charge in [0.1, 0.15) is 17.0 Å². The van der Waals surface area contributed by atoms with E-state index in [-0.39, 0.29) is 11.8 Å². The van der Waals surface area contributed by atoms with Crippen molar-refractivity contribution < 1.29 is 14.0 Å². The lowest BCUT2D eigenvalue weighted by Crippen LogP contribution is -2.64. The number of hydrogen-bond donors (Lipinski definition) is 1. The molecule has 0 fully saturated rings. The van der Waals surface area contributed by atoms with Crippen LogP contribution in [0.4, 0.5) is 5.69 Å². The SMILES string of the molecule is Cc1ccc(N2C(=O)c3ccc(-c4ccco4)n3CC2(C)C(=O)NCc2ccccc2)cc1. The zero-order valence-electron chi connectivity index (χ0n) is 18.6. The van der Waals surface area contributed by atoms with Gasteiger partial charge in [-0.3, -0.25) is 14.5 Å². The molecule has 1 unspecified atom stereocenters. The van der Waals surface area contributed by atoms with Crippen molar-refractivity contribution in [1.82, 2.24) is 9.88 Å². The lowest BCUT2D eigenvalue weighted by atomic mass is 9.93. The first-order valence-electron chi connectivity index (χ1n) is 10.9. The first kappa shape index (κ1) is 20.8. The summed E-state index contributed by atoms with van der Waals surface area (Å²) in [5, 5.41) is 3.05. The Hall–Kier alpha value is -4.06. The number of fused-ring (bicyclic) bond motifs is 1. The fourth-order valence-corrected chi connectivity index (χ4v) is 4.42. The van der Waals surface area contributed by atoms with Crippen LogP contribution in [0.25, 0.3) is 11.5 Å². The maximum atomic E-state index is 13.8. The Balaban J connectivity index is 1.56. The summed E-state index contributed by atoms with van der Waals surface area (Å²) in [5.41, 5.74) is 2.92. The second-order valence-corrected chi connectivity index (χ2v) is 8.59. The van der Waals surface area contributed by atoms with E-state index in [1.165, 1.54) is 0 Å². The van der Waals surface area contributed by atoms with E-state index < -0.39 is 5.54 Å². The molecule has 2 aromatic carbocycles. The molecule has 33 heavy (non-hydrogen) atoms. The van der Waals surface area contributed by atoms with Gasteiger partial charge < -0.3 is 14.3 Å². The molecule has 0 radical (unpaired) electrons. The highest BCUT2D eigenvalue weighted by molar-refractivity contribution is 6.12. The van der Waals surface area contributed by atoms with E-state index in [9.17, 15) is 9.59 Å². The average molecular weight is 440 g/mol. The number of aryl methyl sites for hydroxylation is 1. The van der Waals surface area contributed by atoms with Crippen molar-refractivity contribution in [2.24, 2.45) is 0 Å². The number of nitrogens with one attached hydrogen (secondary N) is 1. The minimum Gasteiger partial charge on any atom is -0.463 e. The molecule has 2 amide bonds. The van der Waals surface area contributed by atoms with Crippen LogP contribution < -0.4 is 10.2 Å². The fraction of sp³-hybridized carbons (Fsp3) is 0.185. The first-order valence-corrected chi connectivity index (χ1v) is 10.9. The zero-order chi connectivity index (χ0) is 23.0. The monoisotopic (exact) mass is 439 g/mol. The Morgan fingerprint density at radius 1 is 0.970 bits per heavy atom. The molecule has 1 N–H and O–H groups in total.